The zero-order chi connectivity index (χ0) is 16.1. The number of hydrogen-bond acceptors (Lipinski definition) is 5. The second-order valence-electron chi connectivity index (χ2n) is 4.88. The van der Waals surface area contributed by atoms with E-state index in [9.17, 15) is 10.1 Å². The van der Waals surface area contributed by atoms with Gasteiger partial charge in [-0.25, -0.2) is 4.98 Å². The molecule has 0 unspecified atom stereocenters. The van der Waals surface area contributed by atoms with Crippen LogP contribution < -0.4 is 5.32 Å². The lowest BCUT2D eigenvalue weighted by molar-refractivity contribution is -0.118. The highest BCUT2D eigenvalue weighted by atomic mass is 32.2. The summed E-state index contributed by atoms with van der Waals surface area (Å²) < 4.78 is 0. The van der Waals surface area contributed by atoms with Crippen molar-refractivity contribution in [2.75, 3.05) is 5.75 Å². The minimum absolute atomic E-state index is 0.0556. The quantitative estimate of drug-likeness (QED) is 0.853. The summed E-state index contributed by atoms with van der Waals surface area (Å²) in [6.07, 6.45) is 0. The first-order valence-electron chi connectivity index (χ1n) is 6.82. The van der Waals surface area contributed by atoms with Gasteiger partial charge in [-0.15, -0.1) is 11.3 Å². The van der Waals surface area contributed by atoms with E-state index in [-0.39, 0.29) is 11.7 Å². The van der Waals surface area contributed by atoms with Gasteiger partial charge in [-0.2, -0.15) is 5.26 Å². The summed E-state index contributed by atoms with van der Waals surface area (Å²) in [5, 5.41) is 14.8. The van der Waals surface area contributed by atoms with E-state index in [0.717, 1.165) is 21.7 Å². The van der Waals surface area contributed by atoms with Crippen molar-refractivity contribution in [1.29, 1.82) is 5.26 Å². The number of pyridine rings is 1. The smallest absolute Gasteiger partial charge is 0.230 e. The monoisotopic (exact) mass is 331 g/mol. The third-order valence-electron chi connectivity index (χ3n) is 3.45. The predicted molar refractivity (Wildman–Crippen MR) is 90.1 cm³/mol. The van der Waals surface area contributed by atoms with Crippen molar-refractivity contribution in [3.63, 3.8) is 0 Å². The van der Waals surface area contributed by atoms with Crippen molar-refractivity contribution >= 4 is 29.0 Å². The number of aromatic nitrogens is 1. The van der Waals surface area contributed by atoms with Gasteiger partial charge < -0.3 is 5.32 Å². The van der Waals surface area contributed by atoms with E-state index in [1.165, 1.54) is 11.8 Å². The summed E-state index contributed by atoms with van der Waals surface area (Å²) in [5.41, 5.74) is 3.44. The molecule has 0 aromatic carbocycles. The van der Waals surface area contributed by atoms with Gasteiger partial charge in [-0.1, -0.05) is 17.8 Å². The molecule has 114 valence electrons. The van der Waals surface area contributed by atoms with E-state index in [1.54, 1.807) is 11.3 Å². The van der Waals surface area contributed by atoms with Gasteiger partial charge in [0, 0.05) is 10.6 Å². The number of thioether (sulfide) groups is 1. The van der Waals surface area contributed by atoms with Crippen molar-refractivity contribution < 1.29 is 4.79 Å². The molecule has 0 bridgehead atoms. The van der Waals surface area contributed by atoms with Crippen molar-refractivity contribution in [2.45, 2.75) is 32.3 Å². The van der Waals surface area contributed by atoms with Gasteiger partial charge >= 0.3 is 0 Å². The first kappa shape index (κ1) is 16.5. The van der Waals surface area contributed by atoms with Gasteiger partial charge in [0.1, 0.15) is 11.1 Å². The van der Waals surface area contributed by atoms with Gasteiger partial charge in [0.2, 0.25) is 5.91 Å². The standard InChI is InChI=1S/C16H17N3OS2/c1-10-11(2)14(7-17)16(19-12(10)3)22-9-15(20)18-8-13-5-4-6-21-13/h4-6H,8-9H2,1-3H3,(H,18,20). The van der Waals surface area contributed by atoms with Crippen LogP contribution in [0.4, 0.5) is 0 Å². The molecule has 2 heterocycles. The predicted octanol–water partition coefficient (Wildman–Crippen LogP) is 3.35. The Morgan fingerprint density at radius 3 is 2.82 bits per heavy atom. The van der Waals surface area contributed by atoms with Gasteiger partial charge in [0.25, 0.3) is 0 Å². The summed E-state index contributed by atoms with van der Waals surface area (Å²) in [6, 6.07) is 6.14. The highest BCUT2D eigenvalue weighted by molar-refractivity contribution is 8.00. The minimum Gasteiger partial charge on any atom is -0.350 e. The van der Waals surface area contributed by atoms with Crippen LogP contribution in [0.1, 0.15) is 27.3 Å². The topological polar surface area (TPSA) is 65.8 Å². The Kier molecular flexibility index (Phi) is 5.58. The molecule has 0 aliphatic heterocycles. The third kappa shape index (κ3) is 3.87. The van der Waals surface area contributed by atoms with E-state index >= 15 is 0 Å². The number of nitriles is 1. The Morgan fingerprint density at radius 1 is 1.41 bits per heavy atom. The summed E-state index contributed by atoms with van der Waals surface area (Å²) in [4.78, 5) is 17.5. The van der Waals surface area contributed by atoms with Crippen LogP contribution in [-0.4, -0.2) is 16.6 Å². The highest BCUT2D eigenvalue weighted by Gasteiger charge is 2.14. The van der Waals surface area contributed by atoms with E-state index in [2.05, 4.69) is 16.4 Å². The summed E-state index contributed by atoms with van der Waals surface area (Å²) in [7, 11) is 0. The number of nitrogens with zero attached hydrogens (tertiary/aromatic N) is 2. The average molecular weight is 331 g/mol. The number of rotatable bonds is 5. The SMILES string of the molecule is Cc1nc(SCC(=O)NCc2cccs2)c(C#N)c(C)c1C. The molecule has 0 atom stereocenters. The van der Waals surface area contributed by atoms with Crippen molar-refractivity contribution in [2.24, 2.45) is 0 Å². The number of hydrogen-bond donors (Lipinski definition) is 1. The average Bonchev–Trinajstić information content (AvgIpc) is 3.02. The van der Waals surface area contributed by atoms with Crippen molar-refractivity contribution in [3.05, 3.63) is 44.8 Å². The number of thiophene rings is 1. The molecule has 4 nitrogen and oxygen atoms in total. The first-order chi connectivity index (χ1) is 10.5. The Bertz CT molecular complexity index is 718. The van der Waals surface area contributed by atoms with Crippen LogP contribution in [0.2, 0.25) is 0 Å². The lowest BCUT2D eigenvalue weighted by atomic mass is 10.1. The molecule has 0 saturated carbocycles. The molecular formula is C16H17N3OS2. The Hall–Kier alpha value is -1.84. The maximum Gasteiger partial charge on any atom is 0.230 e. The summed E-state index contributed by atoms with van der Waals surface area (Å²) in [5.74, 6) is 0.203. The number of amides is 1. The van der Waals surface area contributed by atoms with Crippen molar-refractivity contribution in [1.82, 2.24) is 10.3 Å². The van der Waals surface area contributed by atoms with Crippen LogP contribution >= 0.6 is 23.1 Å². The molecule has 0 aliphatic rings. The maximum atomic E-state index is 11.9. The largest absolute Gasteiger partial charge is 0.350 e. The number of nitrogens with one attached hydrogen (secondary N) is 1. The molecule has 22 heavy (non-hydrogen) atoms. The number of aryl methyl sites for hydroxylation is 1. The van der Waals surface area contributed by atoms with Gasteiger partial charge in [-0.05, 0) is 43.3 Å². The van der Waals surface area contributed by atoms with Crippen LogP contribution in [0.15, 0.2) is 22.5 Å². The normalized spacial score (nSPS) is 10.3. The molecule has 0 fully saturated rings. The fraction of sp³-hybridized carbons (Fsp3) is 0.312. The summed E-state index contributed by atoms with van der Waals surface area (Å²) in [6.45, 7) is 6.34. The Balaban J connectivity index is 1.99. The molecule has 0 aliphatic carbocycles. The van der Waals surface area contributed by atoms with Gasteiger partial charge in [0.15, 0.2) is 0 Å². The van der Waals surface area contributed by atoms with E-state index < -0.39 is 0 Å². The van der Waals surface area contributed by atoms with Crippen molar-refractivity contribution in [3.8, 4) is 6.07 Å². The fourth-order valence-corrected chi connectivity index (χ4v) is 3.49. The zero-order valence-electron chi connectivity index (χ0n) is 12.8. The van der Waals surface area contributed by atoms with Crippen LogP contribution in [-0.2, 0) is 11.3 Å². The molecule has 0 saturated heterocycles. The van der Waals surface area contributed by atoms with E-state index in [4.69, 9.17) is 0 Å². The number of carbonyl (C=O) groups is 1. The molecule has 0 spiro atoms. The summed E-state index contributed by atoms with van der Waals surface area (Å²) >= 11 is 2.93. The van der Waals surface area contributed by atoms with Crippen LogP contribution in [0.25, 0.3) is 0 Å². The molecule has 2 aromatic heterocycles. The molecule has 6 heteroatoms. The van der Waals surface area contributed by atoms with Crippen LogP contribution in [0.5, 0.6) is 0 Å². The highest BCUT2D eigenvalue weighted by Crippen LogP contribution is 2.26. The lowest BCUT2D eigenvalue weighted by Gasteiger charge is -2.11. The third-order valence-corrected chi connectivity index (χ3v) is 5.31. The first-order valence-corrected chi connectivity index (χ1v) is 8.69. The molecule has 1 N–H and O–H groups in total. The fourth-order valence-electron chi connectivity index (χ4n) is 1.93. The van der Waals surface area contributed by atoms with E-state index in [0.29, 0.717) is 17.1 Å². The second-order valence-corrected chi connectivity index (χ2v) is 6.88. The maximum absolute atomic E-state index is 11.9. The van der Waals surface area contributed by atoms with Gasteiger partial charge in [0.05, 0.1) is 17.9 Å². The Morgan fingerprint density at radius 2 is 2.18 bits per heavy atom. The van der Waals surface area contributed by atoms with E-state index in [1.807, 2.05) is 38.3 Å². The lowest BCUT2D eigenvalue weighted by Crippen LogP contribution is -2.24. The minimum atomic E-state index is -0.0556. The zero-order valence-corrected chi connectivity index (χ0v) is 14.4. The molecule has 2 rings (SSSR count). The van der Waals surface area contributed by atoms with Gasteiger partial charge in [-0.3, -0.25) is 4.79 Å². The van der Waals surface area contributed by atoms with Crippen LogP contribution in [0, 0.1) is 32.1 Å². The van der Waals surface area contributed by atoms with Crippen LogP contribution in [0.3, 0.4) is 0 Å². The second kappa shape index (κ2) is 7.43. The molecular weight excluding hydrogens is 314 g/mol. The molecule has 1 amide bonds. The number of carbonyl (C=O) groups excluding carboxylic acids is 1. The Labute approximate surface area is 138 Å². The molecule has 0 radical (unpaired) electrons. The molecule has 2 aromatic rings.